The second-order valence-electron chi connectivity index (χ2n) is 5.51. The number of methoxy groups -OCH3 is 1. The van der Waals surface area contributed by atoms with E-state index in [0.29, 0.717) is 11.5 Å². The van der Waals surface area contributed by atoms with Crippen molar-refractivity contribution >= 4 is 18.4 Å². The number of hydrogen-bond donors (Lipinski definition) is 1. The van der Waals surface area contributed by atoms with Gasteiger partial charge >= 0.3 is 6.61 Å². The Hall–Kier alpha value is -3.08. The Labute approximate surface area is 158 Å². The first-order valence-electron chi connectivity index (χ1n) is 7.77. The van der Waals surface area contributed by atoms with Gasteiger partial charge in [0.1, 0.15) is 0 Å². The minimum absolute atomic E-state index is 0.0917. The highest BCUT2D eigenvalue weighted by Gasteiger charge is 2.13. The van der Waals surface area contributed by atoms with Crippen LogP contribution in [0.4, 0.5) is 8.78 Å². The van der Waals surface area contributed by atoms with E-state index in [1.165, 1.54) is 30.1 Å². The molecular formula is C16H16F2N6O2S. The third-order valence-electron chi connectivity index (χ3n) is 3.56. The van der Waals surface area contributed by atoms with Gasteiger partial charge in [-0.3, -0.25) is 0 Å². The number of aromatic nitrogens is 5. The van der Waals surface area contributed by atoms with E-state index in [0.717, 1.165) is 11.4 Å². The fraction of sp³-hybridized carbons (Fsp3) is 0.250. The molecule has 1 aromatic carbocycles. The Kier molecular flexibility index (Phi) is 5.31. The summed E-state index contributed by atoms with van der Waals surface area (Å²) in [6.07, 6.45) is 1.44. The van der Waals surface area contributed by atoms with Gasteiger partial charge in [-0.25, -0.2) is 9.78 Å². The molecule has 0 fully saturated rings. The Balaban J connectivity index is 1.97. The van der Waals surface area contributed by atoms with Crippen LogP contribution in [0, 0.1) is 18.6 Å². The molecule has 0 bridgehead atoms. The maximum absolute atomic E-state index is 12.6. The molecule has 0 saturated heterocycles. The molecule has 27 heavy (non-hydrogen) atoms. The van der Waals surface area contributed by atoms with Crippen LogP contribution in [-0.4, -0.2) is 44.6 Å². The second-order valence-corrected chi connectivity index (χ2v) is 5.90. The standard InChI is InChI=1S/C16H16F2N6O2S/c1-9-6-10(2)23(22-9)15-20-21-16(27)24(15)19-8-11-4-5-12(25-3)13(7-11)26-14(17)18/h4-8,14H,1-3H3,(H,21,27)/b19-8-. The van der Waals surface area contributed by atoms with Crippen molar-refractivity contribution in [3.05, 3.63) is 46.0 Å². The fourth-order valence-corrected chi connectivity index (χ4v) is 2.62. The molecule has 0 spiro atoms. The highest BCUT2D eigenvalue weighted by atomic mass is 32.1. The number of aromatic amines is 1. The summed E-state index contributed by atoms with van der Waals surface area (Å²) >= 11 is 5.21. The minimum Gasteiger partial charge on any atom is -0.493 e. The van der Waals surface area contributed by atoms with E-state index in [2.05, 4.69) is 25.1 Å². The van der Waals surface area contributed by atoms with Crippen LogP contribution >= 0.6 is 12.2 Å². The number of ether oxygens (including phenoxy) is 2. The van der Waals surface area contributed by atoms with Gasteiger partial charge in [-0.2, -0.15) is 23.7 Å². The molecule has 1 N–H and O–H groups in total. The predicted molar refractivity (Wildman–Crippen MR) is 96.6 cm³/mol. The quantitative estimate of drug-likeness (QED) is 0.513. The van der Waals surface area contributed by atoms with Crippen LogP contribution in [-0.2, 0) is 0 Å². The van der Waals surface area contributed by atoms with Gasteiger partial charge in [0.2, 0.25) is 4.77 Å². The van der Waals surface area contributed by atoms with Gasteiger partial charge in [0, 0.05) is 5.69 Å². The number of H-pyrrole nitrogens is 1. The monoisotopic (exact) mass is 394 g/mol. The van der Waals surface area contributed by atoms with Crippen molar-refractivity contribution in [3.8, 4) is 17.4 Å². The molecule has 0 aliphatic rings. The van der Waals surface area contributed by atoms with Gasteiger partial charge in [0.05, 0.1) is 19.0 Å². The molecule has 2 aromatic heterocycles. The van der Waals surface area contributed by atoms with Gasteiger partial charge in [-0.05, 0) is 55.9 Å². The predicted octanol–water partition coefficient (Wildman–Crippen LogP) is 3.24. The van der Waals surface area contributed by atoms with E-state index in [4.69, 9.17) is 17.0 Å². The SMILES string of the molecule is COc1ccc(/C=N\n2c(-n3nc(C)cc3C)n[nH]c2=S)cc1OC(F)F. The van der Waals surface area contributed by atoms with Crippen LogP contribution in [0.25, 0.3) is 5.95 Å². The van der Waals surface area contributed by atoms with Gasteiger partial charge in [-0.15, -0.1) is 5.10 Å². The van der Waals surface area contributed by atoms with E-state index in [1.54, 1.807) is 10.7 Å². The Bertz CT molecular complexity index is 1040. The van der Waals surface area contributed by atoms with E-state index >= 15 is 0 Å². The lowest BCUT2D eigenvalue weighted by Gasteiger charge is -2.10. The average molecular weight is 394 g/mol. The molecule has 3 rings (SSSR count). The lowest BCUT2D eigenvalue weighted by Crippen LogP contribution is -2.07. The summed E-state index contributed by atoms with van der Waals surface area (Å²) in [4.78, 5) is 0. The smallest absolute Gasteiger partial charge is 0.387 e. The van der Waals surface area contributed by atoms with Crippen LogP contribution < -0.4 is 9.47 Å². The molecule has 0 aliphatic heterocycles. The number of hydrogen-bond acceptors (Lipinski definition) is 6. The highest BCUT2D eigenvalue weighted by molar-refractivity contribution is 7.71. The topological polar surface area (TPSA) is 82.3 Å². The second kappa shape index (κ2) is 7.66. The van der Waals surface area contributed by atoms with E-state index in [-0.39, 0.29) is 16.3 Å². The average Bonchev–Trinajstić information content (AvgIpc) is 3.14. The largest absolute Gasteiger partial charge is 0.493 e. The molecule has 2 heterocycles. The van der Waals surface area contributed by atoms with Crippen molar-refractivity contribution in [2.45, 2.75) is 20.5 Å². The molecule has 0 amide bonds. The van der Waals surface area contributed by atoms with Crippen LogP contribution in [0.15, 0.2) is 29.4 Å². The molecule has 0 atom stereocenters. The Morgan fingerprint density at radius 1 is 1.26 bits per heavy atom. The maximum Gasteiger partial charge on any atom is 0.387 e. The van der Waals surface area contributed by atoms with Crippen molar-refractivity contribution in [1.82, 2.24) is 24.7 Å². The summed E-state index contributed by atoms with van der Waals surface area (Å²) < 4.78 is 37.8. The summed E-state index contributed by atoms with van der Waals surface area (Å²) in [5.41, 5.74) is 2.18. The van der Waals surface area contributed by atoms with Crippen LogP contribution in [0.2, 0.25) is 0 Å². The van der Waals surface area contributed by atoms with Crippen molar-refractivity contribution in [3.63, 3.8) is 0 Å². The normalized spacial score (nSPS) is 11.5. The number of benzene rings is 1. The maximum atomic E-state index is 12.6. The third kappa shape index (κ3) is 4.03. The van der Waals surface area contributed by atoms with Crippen molar-refractivity contribution in [2.24, 2.45) is 5.10 Å². The highest BCUT2D eigenvalue weighted by Crippen LogP contribution is 2.29. The van der Waals surface area contributed by atoms with E-state index in [1.807, 2.05) is 19.9 Å². The molecule has 142 valence electrons. The molecule has 3 aromatic rings. The Morgan fingerprint density at radius 3 is 2.67 bits per heavy atom. The zero-order chi connectivity index (χ0) is 19.6. The lowest BCUT2D eigenvalue weighted by atomic mass is 10.2. The number of nitrogens with one attached hydrogen (secondary N) is 1. The third-order valence-corrected chi connectivity index (χ3v) is 3.82. The number of halogens is 2. The molecule has 0 saturated carbocycles. The number of rotatable bonds is 6. The summed E-state index contributed by atoms with van der Waals surface area (Å²) in [7, 11) is 1.37. The number of aryl methyl sites for hydroxylation is 2. The summed E-state index contributed by atoms with van der Waals surface area (Å²) in [6, 6.07) is 6.44. The molecular weight excluding hydrogens is 378 g/mol. The van der Waals surface area contributed by atoms with E-state index in [9.17, 15) is 8.78 Å². The van der Waals surface area contributed by atoms with Gasteiger partial charge in [0.25, 0.3) is 5.95 Å². The van der Waals surface area contributed by atoms with Crippen LogP contribution in [0.1, 0.15) is 17.0 Å². The molecule has 0 aliphatic carbocycles. The summed E-state index contributed by atoms with van der Waals surface area (Å²) in [5, 5.41) is 15.4. The first-order chi connectivity index (χ1) is 12.9. The van der Waals surface area contributed by atoms with Gasteiger partial charge in [0.15, 0.2) is 11.5 Å². The van der Waals surface area contributed by atoms with Crippen LogP contribution in [0.3, 0.4) is 0 Å². The summed E-state index contributed by atoms with van der Waals surface area (Å²) in [5.74, 6) is 0.473. The number of alkyl halides is 2. The zero-order valence-electron chi connectivity index (χ0n) is 14.7. The molecule has 0 radical (unpaired) electrons. The fourth-order valence-electron chi connectivity index (χ4n) is 2.44. The molecule has 8 nitrogen and oxygen atoms in total. The number of nitrogens with zero attached hydrogens (tertiary/aromatic N) is 5. The van der Waals surface area contributed by atoms with Gasteiger partial charge < -0.3 is 9.47 Å². The van der Waals surface area contributed by atoms with Gasteiger partial charge in [-0.1, -0.05) is 0 Å². The van der Waals surface area contributed by atoms with Crippen molar-refractivity contribution < 1.29 is 18.3 Å². The van der Waals surface area contributed by atoms with Crippen molar-refractivity contribution in [2.75, 3.05) is 7.11 Å². The molecule has 11 heteroatoms. The van der Waals surface area contributed by atoms with E-state index < -0.39 is 6.61 Å². The first-order valence-corrected chi connectivity index (χ1v) is 8.18. The summed E-state index contributed by atoms with van der Waals surface area (Å²) in [6.45, 7) is 0.773. The minimum atomic E-state index is -2.97. The lowest BCUT2D eigenvalue weighted by molar-refractivity contribution is -0.0512. The Morgan fingerprint density at radius 2 is 2.04 bits per heavy atom. The van der Waals surface area contributed by atoms with Crippen LogP contribution in [0.5, 0.6) is 11.5 Å². The van der Waals surface area contributed by atoms with Crippen molar-refractivity contribution in [1.29, 1.82) is 0 Å². The molecule has 0 unspecified atom stereocenters. The zero-order valence-corrected chi connectivity index (χ0v) is 15.5. The first kappa shape index (κ1) is 18.7.